The number of rotatable bonds is 24. The van der Waals surface area contributed by atoms with Gasteiger partial charge in [0.05, 0.1) is 0 Å². The summed E-state index contributed by atoms with van der Waals surface area (Å²) < 4.78 is 0. The smallest absolute Gasteiger partial charge is 0.0351 e. The van der Waals surface area contributed by atoms with Gasteiger partial charge in [0, 0.05) is 0 Å². The van der Waals surface area contributed by atoms with Crippen molar-refractivity contribution in [2.45, 2.75) is 155 Å². The van der Waals surface area contributed by atoms with Crippen LogP contribution in [-0.2, 0) is 0 Å². The van der Waals surface area contributed by atoms with Crippen LogP contribution in [0.1, 0.15) is 155 Å². The fourth-order valence-corrected chi connectivity index (χ4v) is 4.56. The van der Waals surface area contributed by atoms with E-state index in [9.17, 15) is 0 Å². The highest BCUT2D eigenvalue weighted by Crippen LogP contribution is 2.27. The first-order valence-electron chi connectivity index (χ1n) is 14.0. The average Bonchev–Trinajstić information content (AvgIpc) is 2.76. The highest BCUT2D eigenvalue weighted by atomic mass is 14.2. The molecule has 0 amide bonds. The second-order valence-corrected chi connectivity index (χ2v) is 9.78. The van der Waals surface area contributed by atoms with E-state index in [2.05, 4.69) is 39.8 Å². The van der Waals surface area contributed by atoms with E-state index in [1.54, 1.807) is 0 Å². The molecule has 0 aliphatic carbocycles. The molecular formula is C30H58. The highest BCUT2D eigenvalue weighted by Gasteiger charge is 2.15. The minimum Gasteiger partial charge on any atom is -0.0885 e. The van der Waals surface area contributed by atoms with Crippen molar-refractivity contribution >= 4 is 0 Å². The van der Waals surface area contributed by atoms with Gasteiger partial charge in [-0.25, -0.2) is 0 Å². The van der Waals surface area contributed by atoms with Gasteiger partial charge in [0.1, 0.15) is 0 Å². The molecule has 0 rings (SSSR count). The molecular weight excluding hydrogens is 360 g/mol. The van der Waals surface area contributed by atoms with Crippen molar-refractivity contribution in [3.63, 3.8) is 0 Å². The Hall–Kier alpha value is -0.260. The van der Waals surface area contributed by atoms with E-state index in [1.807, 2.05) is 0 Å². The topological polar surface area (TPSA) is 0 Å². The van der Waals surface area contributed by atoms with Crippen LogP contribution in [0, 0.1) is 25.7 Å². The molecule has 0 aliphatic rings. The highest BCUT2D eigenvalue weighted by molar-refractivity contribution is 4.81. The van der Waals surface area contributed by atoms with E-state index in [-0.39, 0.29) is 0 Å². The zero-order chi connectivity index (χ0) is 22.1. The fourth-order valence-electron chi connectivity index (χ4n) is 4.56. The Morgan fingerprint density at radius 3 is 1.37 bits per heavy atom. The summed E-state index contributed by atoms with van der Waals surface area (Å²) in [6, 6.07) is 0. The lowest BCUT2D eigenvalue weighted by atomic mass is 9.83. The maximum Gasteiger partial charge on any atom is -0.0351 e. The Morgan fingerprint density at radius 1 is 0.533 bits per heavy atom. The third-order valence-corrected chi connectivity index (χ3v) is 7.01. The third kappa shape index (κ3) is 21.0. The molecule has 0 saturated carbocycles. The van der Waals surface area contributed by atoms with Crippen LogP contribution in [0.15, 0.2) is 12.2 Å². The zero-order valence-corrected chi connectivity index (χ0v) is 21.3. The van der Waals surface area contributed by atoms with Gasteiger partial charge in [-0.05, 0) is 37.5 Å². The molecule has 0 spiro atoms. The normalized spacial score (nSPS) is 13.9. The number of hydrogen-bond acceptors (Lipinski definition) is 0. The first kappa shape index (κ1) is 29.7. The summed E-state index contributed by atoms with van der Waals surface area (Å²) in [5, 5.41) is 0. The maximum absolute atomic E-state index is 3.94. The molecule has 0 nitrogen and oxygen atoms in total. The summed E-state index contributed by atoms with van der Waals surface area (Å²) >= 11 is 0. The molecule has 0 aliphatic heterocycles. The molecule has 0 heteroatoms. The van der Waals surface area contributed by atoms with Crippen molar-refractivity contribution in [1.29, 1.82) is 0 Å². The van der Waals surface area contributed by atoms with Gasteiger partial charge < -0.3 is 0 Å². The summed E-state index contributed by atoms with van der Waals surface area (Å²) in [6.07, 6.45) is 35.0. The van der Waals surface area contributed by atoms with E-state index in [4.69, 9.17) is 0 Å². The molecule has 0 aromatic heterocycles. The third-order valence-electron chi connectivity index (χ3n) is 7.01. The van der Waals surface area contributed by atoms with E-state index < -0.39 is 0 Å². The predicted octanol–water partition coefficient (Wildman–Crippen LogP) is 11.1. The van der Waals surface area contributed by atoms with Gasteiger partial charge in [-0.3, -0.25) is 0 Å². The van der Waals surface area contributed by atoms with E-state index in [0.717, 1.165) is 24.7 Å². The minimum atomic E-state index is 0.919. The molecule has 0 saturated heterocycles. The van der Waals surface area contributed by atoms with Crippen LogP contribution in [0.4, 0.5) is 0 Å². The van der Waals surface area contributed by atoms with Gasteiger partial charge in [-0.2, -0.15) is 0 Å². The lowest BCUT2D eigenvalue weighted by Crippen LogP contribution is -2.11. The summed E-state index contributed by atoms with van der Waals surface area (Å²) in [5.41, 5.74) is 0. The van der Waals surface area contributed by atoms with Crippen molar-refractivity contribution in [2.24, 2.45) is 11.8 Å². The number of hydrogen-bond donors (Lipinski definition) is 0. The second kappa shape index (κ2) is 25.0. The SMILES string of the molecule is [CH2]CCCCC=CCCCCCCCCC(CCCCCCCCC[CH2])C(C)CC. The van der Waals surface area contributed by atoms with Crippen LogP contribution in [0.25, 0.3) is 0 Å². The van der Waals surface area contributed by atoms with Crippen molar-refractivity contribution in [3.8, 4) is 0 Å². The van der Waals surface area contributed by atoms with Gasteiger partial charge in [-0.15, -0.1) is 0 Å². The number of unbranched alkanes of at least 4 members (excludes halogenated alkanes) is 16. The zero-order valence-electron chi connectivity index (χ0n) is 21.3. The minimum absolute atomic E-state index is 0.919. The summed E-state index contributed by atoms with van der Waals surface area (Å²) in [4.78, 5) is 0. The molecule has 30 heavy (non-hydrogen) atoms. The van der Waals surface area contributed by atoms with Gasteiger partial charge in [0.2, 0.25) is 0 Å². The Labute approximate surface area is 193 Å². The van der Waals surface area contributed by atoms with Crippen LogP contribution < -0.4 is 0 Å². The first-order chi connectivity index (χ1) is 14.8. The van der Waals surface area contributed by atoms with Crippen LogP contribution in [-0.4, -0.2) is 0 Å². The quantitative estimate of drug-likeness (QED) is 0.108. The Kier molecular flexibility index (Phi) is 24.8. The van der Waals surface area contributed by atoms with Crippen molar-refractivity contribution in [3.05, 3.63) is 26.0 Å². The van der Waals surface area contributed by atoms with Crippen LogP contribution in [0.5, 0.6) is 0 Å². The van der Waals surface area contributed by atoms with E-state index in [1.165, 1.54) is 128 Å². The molecule has 0 heterocycles. The predicted molar refractivity (Wildman–Crippen MR) is 140 cm³/mol. The van der Waals surface area contributed by atoms with Gasteiger partial charge in [-0.1, -0.05) is 155 Å². The molecule has 2 radical (unpaired) electrons. The van der Waals surface area contributed by atoms with Crippen molar-refractivity contribution in [1.82, 2.24) is 0 Å². The van der Waals surface area contributed by atoms with Gasteiger partial charge in [0.15, 0.2) is 0 Å². The van der Waals surface area contributed by atoms with Crippen LogP contribution >= 0.6 is 0 Å². The lowest BCUT2D eigenvalue weighted by molar-refractivity contribution is 0.288. The largest absolute Gasteiger partial charge is 0.0885 e. The fraction of sp³-hybridized carbons (Fsp3) is 0.867. The maximum atomic E-state index is 3.94. The van der Waals surface area contributed by atoms with E-state index >= 15 is 0 Å². The van der Waals surface area contributed by atoms with Gasteiger partial charge >= 0.3 is 0 Å². The average molecular weight is 419 g/mol. The van der Waals surface area contributed by atoms with E-state index in [0.29, 0.717) is 0 Å². The Morgan fingerprint density at radius 2 is 0.900 bits per heavy atom. The number of allylic oxidation sites excluding steroid dienone is 2. The summed E-state index contributed by atoms with van der Waals surface area (Å²) in [7, 11) is 0. The van der Waals surface area contributed by atoms with Crippen LogP contribution in [0.3, 0.4) is 0 Å². The lowest BCUT2D eigenvalue weighted by Gasteiger charge is -2.23. The molecule has 0 bridgehead atoms. The summed E-state index contributed by atoms with van der Waals surface area (Å²) in [5.74, 6) is 1.90. The second-order valence-electron chi connectivity index (χ2n) is 9.78. The van der Waals surface area contributed by atoms with Crippen molar-refractivity contribution in [2.75, 3.05) is 0 Å². The Bertz CT molecular complexity index is 329. The molecule has 178 valence electrons. The molecule has 0 aromatic rings. The van der Waals surface area contributed by atoms with Crippen LogP contribution in [0.2, 0.25) is 0 Å². The molecule has 0 N–H and O–H groups in total. The summed E-state index contributed by atoms with van der Waals surface area (Å²) in [6.45, 7) is 12.7. The molecule has 0 fully saturated rings. The molecule has 0 aromatic carbocycles. The molecule has 2 unspecified atom stereocenters. The molecule has 2 atom stereocenters. The monoisotopic (exact) mass is 418 g/mol. The first-order valence-corrected chi connectivity index (χ1v) is 14.0. The Balaban J connectivity index is 3.59. The standard InChI is InChI=1S/C30H58/c1-5-8-10-12-14-16-17-18-19-20-22-24-26-28-30(29(4)7-3)27-25-23-21-15-13-11-9-6-2/h14,16,29-30H,1-2,5-13,15,17-28H2,3-4H3. The van der Waals surface area contributed by atoms with Crippen molar-refractivity contribution < 1.29 is 0 Å². The van der Waals surface area contributed by atoms with Gasteiger partial charge in [0.25, 0.3) is 0 Å².